The van der Waals surface area contributed by atoms with E-state index in [1.807, 2.05) is 31.7 Å². The Balaban J connectivity index is 2.30. The molecule has 4 nitrogen and oxygen atoms in total. The van der Waals surface area contributed by atoms with Crippen molar-refractivity contribution in [2.45, 2.75) is 46.0 Å². The van der Waals surface area contributed by atoms with Crippen molar-refractivity contribution in [1.29, 1.82) is 0 Å². The van der Waals surface area contributed by atoms with Gasteiger partial charge in [-0.05, 0) is 31.2 Å². The summed E-state index contributed by atoms with van der Waals surface area (Å²) in [6.07, 6.45) is 3.81. The van der Waals surface area contributed by atoms with Crippen molar-refractivity contribution in [3.8, 4) is 0 Å². The van der Waals surface area contributed by atoms with Crippen LogP contribution in [0.15, 0.2) is 11.8 Å². The second kappa shape index (κ2) is 4.07. The van der Waals surface area contributed by atoms with E-state index in [1.54, 1.807) is 0 Å². The molecule has 0 bridgehead atoms. The second-order valence-electron chi connectivity index (χ2n) is 7.10. The maximum atomic E-state index is 12.6. The first kappa shape index (κ1) is 14.1. The molecule has 3 rings (SSSR count). The van der Waals surface area contributed by atoms with Crippen LogP contribution in [-0.4, -0.2) is 15.6 Å². The zero-order chi connectivity index (χ0) is 15.6. The van der Waals surface area contributed by atoms with Crippen molar-refractivity contribution < 1.29 is 4.79 Å². The fourth-order valence-electron chi connectivity index (χ4n) is 4.34. The van der Waals surface area contributed by atoms with Gasteiger partial charge in [0.25, 0.3) is 0 Å². The van der Waals surface area contributed by atoms with Crippen LogP contribution in [-0.2, 0) is 23.7 Å². The summed E-state index contributed by atoms with van der Waals surface area (Å²) in [6, 6.07) is 0. The quantitative estimate of drug-likeness (QED) is 0.687. The van der Waals surface area contributed by atoms with Gasteiger partial charge in [-0.1, -0.05) is 26.8 Å². The number of ketones is 1. The van der Waals surface area contributed by atoms with Crippen LogP contribution in [0, 0.1) is 24.8 Å². The molecule has 0 saturated heterocycles. The third-order valence-corrected chi connectivity index (χ3v) is 5.62. The van der Waals surface area contributed by atoms with E-state index in [1.165, 1.54) is 11.3 Å². The summed E-state index contributed by atoms with van der Waals surface area (Å²) >= 11 is 0. The Hall–Kier alpha value is -1.89. The molecule has 2 atom stereocenters. The van der Waals surface area contributed by atoms with Gasteiger partial charge in [-0.3, -0.25) is 4.68 Å². The van der Waals surface area contributed by atoms with Crippen molar-refractivity contribution in [3.05, 3.63) is 40.1 Å². The van der Waals surface area contributed by atoms with Gasteiger partial charge in [0.1, 0.15) is 0 Å². The molecule has 2 aliphatic carbocycles. The van der Waals surface area contributed by atoms with Crippen molar-refractivity contribution in [2.75, 3.05) is 0 Å². The summed E-state index contributed by atoms with van der Waals surface area (Å²) < 4.78 is 1.92. The lowest BCUT2D eigenvalue weighted by Gasteiger charge is -2.49. The van der Waals surface area contributed by atoms with Gasteiger partial charge in [0, 0.05) is 23.6 Å². The van der Waals surface area contributed by atoms with Crippen LogP contribution in [0.5, 0.6) is 0 Å². The third kappa shape index (κ3) is 1.61. The second-order valence-corrected chi connectivity index (χ2v) is 7.10. The number of aromatic nitrogens is 2. The monoisotopic (exact) mass is 283 g/mol. The van der Waals surface area contributed by atoms with Gasteiger partial charge in [0.05, 0.1) is 12.3 Å². The standard InChI is InChI=1S/C17H21N3O/c1-10-11-7-8-13-16(2,3)15(21)12(18-5)9-17(13,4)14(11)19-20(10)6/h9,13H,7-8H2,1-4,6H3/t13-,17-/m0/s1. The lowest BCUT2D eigenvalue weighted by molar-refractivity contribution is -0.128. The van der Waals surface area contributed by atoms with Crippen molar-refractivity contribution in [1.82, 2.24) is 9.78 Å². The average molecular weight is 283 g/mol. The lowest BCUT2D eigenvalue weighted by Crippen LogP contribution is -2.50. The normalized spacial score (nSPS) is 30.2. The Morgan fingerprint density at radius 2 is 2.10 bits per heavy atom. The number of allylic oxidation sites excluding steroid dienone is 2. The van der Waals surface area contributed by atoms with Crippen LogP contribution < -0.4 is 0 Å². The molecule has 0 saturated carbocycles. The first-order chi connectivity index (χ1) is 9.73. The van der Waals surface area contributed by atoms with Crippen LogP contribution in [0.2, 0.25) is 0 Å². The van der Waals surface area contributed by atoms with Crippen LogP contribution in [0.25, 0.3) is 4.85 Å². The molecule has 0 radical (unpaired) electrons. The summed E-state index contributed by atoms with van der Waals surface area (Å²) in [5, 5.41) is 4.72. The summed E-state index contributed by atoms with van der Waals surface area (Å²) in [5.74, 6) is 0.181. The minimum absolute atomic E-state index is 0.0175. The molecular formula is C17H21N3O. The zero-order valence-electron chi connectivity index (χ0n) is 13.3. The molecule has 0 N–H and O–H groups in total. The topological polar surface area (TPSA) is 39.2 Å². The molecule has 1 aromatic heterocycles. The van der Waals surface area contributed by atoms with E-state index in [9.17, 15) is 4.79 Å². The molecule has 0 amide bonds. The maximum Gasteiger partial charge on any atom is 0.226 e. The number of fused-ring (bicyclic) bond motifs is 3. The minimum atomic E-state index is -0.507. The fourth-order valence-corrected chi connectivity index (χ4v) is 4.34. The van der Waals surface area contributed by atoms with Gasteiger partial charge in [0.2, 0.25) is 5.70 Å². The number of hydrogen-bond donors (Lipinski definition) is 0. The number of Topliss-reactive ketones (excluding diaryl/α,β-unsaturated/α-hetero) is 1. The Labute approximate surface area is 125 Å². The van der Waals surface area contributed by atoms with Gasteiger partial charge in [-0.25, -0.2) is 4.85 Å². The molecule has 110 valence electrons. The van der Waals surface area contributed by atoms with Crippen LogP contribution in [0.3, 0.4) is 0 Å². The van der Waals surface area contributed by atoms with Gasteiger partial charge >= 0.3 is 0 Å². The van der Waals surface area contributed by atoms with Crippen LogP contribution in [0.1, 0.15) is 44.1 Å². The predicted octanol–water partition coefficient (Wildman–Crippen LogP) is 2.96. The minimum Gasteiger partial charge on any atom is -0.307 e. The highest BCUT2D eigenvalue weighted by Crippen LogP contribution is 2.54. The SMILES string of the molecule is [C-]#[N+]C1=C[C@]2(C)c3nn(C)c(C)c3CC[C@H]2C(C)(C)C1=O. The van der Waals surface area contributed by atoms with E-state index < -0.39 is 5.41 Å². The number of hydrogen-bond acceptors (Lipinski definition) is 2. The predicted molar refractivity (Wildman–Crippen MR) is 80.6 cm³/mol. The first-order valence-corrected chi connectivity index (χ1v) is 7.41. The highest BCUT2D eigenvalue weighted by Gasteiger charge is 2.55. The largest absolute Gasteiger partial charge is 0.307 e. The third-order valence-electron chi connectivity index (χ3n) is 5.62. The summed E-state index contributed by atoms with van der Waals surface area (Å²) in [4.78, 5) is 16.0. The van der Waals surface area contributed by atoms with E-state index in [0.717, 1.165) is 18.5 Å². The molecule has 2 aliphatic rings. The number of rotatable bonds is 0. The molecule has 0 spiro atoms. The van der Waals surface area contributed by atoms with E-state index in [-0.39, 0.29) is 22.8 Å². The molecule has 4 heteroatoms. The number of aryl methyl sites for hydroxylation is 1. The molecule has 21 heavy (non-hydrogen) atoms. The van der Waals surface area contributed by atoms with Crippen molar-refractivity contribution in [3.63, 3.8) is 0 Å². The summed E-state index contributed by atoms with van der Waals surface area (Å²) in [7, 11) is 1.96. The molecule has 1 aromatic rings. The smallest absolute Gasteiger partial charge is 0.226 e. The molecule has 1 heterocycles. The average Bonchev–Trinajstić information content (AvgIpc) is 2.72. The Morgan fingerprint density at radius 3 is 2.71 bits per heavy atom. The van der Waals surface area contributed by atoms with Crippen LogP contribution in [0.4, 0.5) is 0 Å². The summed E-state index contributed by atoms with van der Waals surface area (Å²) in [6.45, 7) is 15.5. The van der Waals surface area contributed by atoms with Crippen LogP contribution >= 0.6 is 0 Å². The van der Waals surface area contributed by atoms with Gasteiger partial charge in [-0.2, -0.15) is 5.10 Å². The highest BCUT2D eigenvalue weighted by atomic mass is 16.1. The molecule has 0 aliphatic heterocycles. The maximum absolute atomic E-state index is 12.6. The number of carbonyl (C=O) groups is 1. The first-order valence-electron chi connectivity index (χ1n) is 7.41. The molecule has 0 fully saturated rings. The number of carbonyl (C=O) groups excluding carboxylic acids is 1. The number of nitrogens with zero attached hydrogens (tertiary/aromatic N) is 3. The molecule has 0 aromatic carbocycles. The Bertz CT molecular complexity index is 717. The van der Waals surface area contributed by atoms with E-state index in [0.29, 0.717) is 0 Å². The highest BCUT2D eigenvalue weighted by molar-refractivity contribution is 6.02. The molecular weight excluding hydrogens is 262 g/mol. The Kier molecular flexibility index (Phi) is 2.72. The van der Waals surface area contributed by atoms with Gasteiger partial charge in [0.15, 0.2) is 5.78 Å². The van der Waals surface area contributed by atoms with Gasteiger partial charge < -0.3 is 4.79 Å². The lowest BCUT2D eigenvalue weighted by atomic mass is 9.53. The Morgan fingerprint density at radius 1 is 1.43 bits per heavy atom. The van der Waals surface area contributed by atoms with E-state index in [4.69, 9.17) is 11.7 Å². The van der Waals surface area contributed by atoms with Crippen molar-refractivity contribution in [2.24, 2.45) is 18.4 Å². The zero-order valence-corrected chi connectivity index (χ0v) is 13.3. The fraction of sp³-hybridized carbons (Fsp3) is 0.588. The van der Waals surface area contributed by atoms with Crippen molar-refractivity contribution >= 4 is 5.78 Å². The van der Waals surface area contributed by atoms with E-state index in [2.05, 4.69) is 18.7 Å². The molecule has 0 unspecified atom stereocenters. The van der Waals surface area contributed by atoms with Gasteiger partial charge in [-0.15, -0.1) is 0 Å². The van der Waals surface area contributed by atoms with E-state index >= 15 is 0 Å². The summed E-state index contributed by atoms with van der Waals surface area (Å²) in [5.41, 5.74) is 2.98.